The molecule has 1 unspecified atom stereocenters. The lowest BCUT2D eigenvalue weighted by Gasteiger charge is -2.34. The van der Waals surface area contributed by atoms with Gasteiger partial charge in [-0.1, -0.05) is 25.5 Å². The molecule has 32 heavy (non-hydrogen) atoms. The molecule has 0 spiro atoms. The van der Waals surface area contributed by atoms with Gasteiger partial charge in [0, 0.05) is 12.1 Å². The minimum atomic E-state index is -0.348. The highest BCUT2D eigenvalue weighted by atomic mass is 19.1. The van der Waals surface area contributed by atoms with Gasteiger partial charge in [-0.05, 0) is 50.9 Å². The molecule has 0 aliphatic carbocycles. The number of urea groups is 1. The van der Waals surface area contributed by atoms with Gasteiger partial charge in [0.25, 0.3) is 0 Å². The molecule has 1 atom stereocenters. The third-order valence-electron chi connectivity index (χ3n) is 6.15. The summed E-state index contributed by atoms with van der Waals surface area (Å²) in [5.74, 6) is -0.0586. The zero-order valence-electron chi connectivity index (χ0n) is 18.7. The van der Waals surface area contributed by atoms with Gasteiger partial charge in [-0.3, -0.25) is 4.90 Å². The molecular weight excluding hydrogens is 411 g/mol. The first-order chi connectivity index (χ1) is 15.5. The number of hydrogen-bond donors (Lipinski definition) is 2. The first-order valence-corrected chi connectivity index (χ1v) is 11.3. The maximum atomic E-state index is 14.8. The van der Waals surface area contributed by atoms with Crippen LogP contribution in [0.15, 0.2) is 18.2 Å². The van der Waals surface area contributed by atoms with Crippen LogP contribution in [0.1, 0.15) is 62.4 Å². The molecule has 4 rings (SSSR count). The minimum absolute atomic E-state index is 0.180. The first kappa shape index (κ1) is 22.3. The molecule has 3 N–H and O–H groups in total. The number of aromatic nitrogens is 2. The second kappa shape index (κ2) is 9.68. The molecule has 172 valence electrons. The van der Waals surface area contributed by atoms with Crippen LogP contribution >= 0.6 is 0 Å². The second-order valence-electron chi connectivity index (χ2n) is 8.48. The average Bonchev–Trinajstić information content (AvgIpc) is 3.28. The van der Waals surface area contributed by atoms with Gasteiger partial charge in [0.2, 0.25) is 0 Å². The van der Waals surface area contributed by atoms with Crippen LogP contribution in [0.25, 0.3) is 0 Å². The molecule has 1 aromatic heterocycles. The Morgan fingerprint density at radius 2 is 2.06 bits per heavy atom. The number of amides is 2. The standard InChI is InChI=1S/C23H31FN6O2/c1-3-4-11-32-22-26-19-14-30(23(31)27-20(19)21(25)28-22)15(2)16-7-8-17(18(24)12-16)13-29-9-5-6-10-29/h7-8,12,15H,3-6,9-11,13-14H2,1-2H3,(H,27,31)(H2,25,26,28). The van der Waals surface area contributed by atoms with Crippen molar-refractivity contribution in [3.05, 3.63) is 40.8 Å². The van der Waals surface area contributed by atoms with E-state index in [0.29, 0.717) is 30.1 Å². The molecule has 1 saturated heterocycles. The van der Waals surface area contributed by atoms with Gasteiger partial charge in [0.15, 0.2) is 5.82 Å². The Balaban J connectivity index is 1.50. The van der Waals surface area contributed by atoms with Crippen LogP contribution in [0.5, 0.6) is 6.01 Å². The number of rotatable bonds is 8. The number of carbonyl (C=O) groups is 1. The zero-order valence-corrected chi connectivity index (χ0v) is 18.7. The third kappa shape index (κ3) is 4.77. The van der Waals surface area contributed by atoms with Crippen molar-refractivity contribution in [1.82, 2.24) is 19.8 Å². The number of fused-ring (bicyclic) bond motifs is 1. The van der Waals surface area contributed by atoms with E-state index in [9.17, 15) is 9.18 Å². The Morgan fingerprint density at radius 3 is 2.78 bits per heavy atom. The van der Waals surface area contributed by atoms with Gasteiger partial charge in [-0.15, -0.1) is 0 Å². The van der Waals surface area contributed by atoms with E-state index < -0.39 is 0 Å². The molecule has 8 nitrogen and oxygen atoms in total. The van der Waals surface area contributed by atoms with Crippen LogP contribution in [0.4, 0.5) is 20.7 Å². The van der Waals surface area contributed by atoms with E-state index in [1.807, 2.05) is 19.1 Å². The first-order valence-electron chi connectivity index (χ1n) is 11.3. The highest BCUT2D eigenvalue weighted by molar-refractivity contribution is 5.95. The Kier molecular flexibility index (Phi) is 6.74. The second-order valence-corrected chi connectivity index (χ2v) is 8.48. The van der Waals surface area contributed by atoms with E-state index in [1.54, 1.807) is 4.90 Å². The molecule has 2 aromatic rings. The summed E-state index contributed by atoms with van der Waals surface area (Å²) >= 11 is 0. The SMILES string of the molecule is CCCCOc1nc(N)c2c(n1)CN(C(C)c1ccc(CN3CCCC3)c(F)c1)C(=O)N2. The van der Waals surface area contributed by atoms with Gasteiger partial charge in [-0.25, -0.2) is 9.18 Å². The fourth-order valence-corrected chi connectivity index (χ4v) is 4.16. The number of benzene rings is 1. The van der Waals surface area contributed by atoms with Crippen molar-refractivity contribution in [2.45, 2.75) is 58.7 Å². The van der Waals surface area contributed by atoms with Gasteiger partial charge < -0.3 is 20.7 Å². The number of likely N-dealkylation sites (tertiary alicyclic amines) is 1. The predicted octanol–water partition coefficient (Wildman–Crippen LogP) is 4.08. The quantitative estimate of drug-likeness (QED) is 0.598. The molecular formula is C23H31FN6O2. The fraction of sp³-hybridized carbons (Fsp3) is 0.522. The predicted molar refractivity (Wildman–Crippen MR) is 121 cm³/mol. The van der Waals surface area contributed by atoms with Crippen LogP contribution < -0.4 is 15.8 Å². The summed E-state index contributed by atoms with van der Waals surface area (Å²) in [5.41, 5.74) is 8.44. The summed E-state index contributed by atoms with van der Waals surface area (Å²) in [4.78, 5) is 25.2. The van der Waals surface area contributed by atoms with Gasteiger partial charge >= 0.3 is 12.0 Å². The van der Waals surface area contributed by atoms with Crippen molar-refractivity contribution < 1.29 is 13.9 Å². The van der Waals surface area contributed by atoms with Gasteiger partial charge in [0.05, 0.1) is 24.9 Å². The topological polar surface area (TPSA) is 96.6 Å². The Bertz CT molecular complexity index is 979. The summed E-state index contributed by atoms with van der Waals surface area (Å²) < 4.78 is 20.4. The van der Waals surface area contributed by atoms with Gasteiger partial charge in [0.1, 0.15) is 11.5 Å². The smallest absolute Gasteiger partial charge is 0.322 e. The largest absolute Gasteiger partial charge is 0.463 e. The molecule has 9 heteroatoms. The van der Waals surface area contributed by atoms with Crippen molar-refractivity contribution in [3.8, 4) is 6.01 Å². The Labute approximate surface area is 188 Å². The normalized spacial score (nSPS) is 17.2. The lowest BCUT2D eigenvalue weighted by molar-refractivity contribution is 0.184. The van der Waals surface area contributed by atoms with Gasteiger partial charge in [-0.2, -0.15) is 9.97 Å². The van der Waals surface area contributed by atoms with E-state index in [0.717, 1.165) is 31.5 Å². The van der Waals surface area contributed by atoms with E-state index in [2.05, 4.69) is 27.1 Å². The highest BCUT2D eigenvalue weighted by Crippen LogP contribution is 2.33. The Morgan fingerprint density at radius 1 is 1.28 bits per heavy atom. The number of ether oxygens (including phenoxy) is 1. The molecule has 0 bridgehead atoms. The number of carbonyl (C=O) groups excluding carboxylic acids is 1. The van der Waals surface area contributed by atoms with Crippen LogP contribution in [0.3, 0.4) is 0 Å². The van der Waals surface area contributed by atoms with E-state index in [1.165, 1.54) is 18.9 Å². The van der Waals surface area contributed by atoms with Crippen LogP contribution in [0.2, 0.25) is 0 Å². The molecule has 1 fully saturated rings. The van der Waals surface area contributed by atoms with E-state index >= 15 is 0 Å². The molecule has 0 saturated carbocycles. The number of nitrogens with zero attached hydrogens (tertiary/aromatic N) is 4. The summed E-state index contributed by atoms with van der Waals surface area (Å²) in [7, 11) is 0. The summed E-state index contributed by atoms with van der Waals surface area (Å²) in [6.07, 6.45) is 4.22. The number of hydrogen-bond acceptors (Lipinski definition) is 6. The average molecular weight is 443 g/mol. The maximum absolute atomic E-state index is 14.8. The third-order valence-corrected chi connectivity index (χ3v) is 6.15. The number of anilines is 2. The van der Waals surface area contributed by atoms with Crippen molar-refractivity contribution in [2.75, 3.05) is 30.7 Å². The maximum Gasteiger partial charge on any atom is 0.322 e. The number of nitrogens with one attached hydrogen (secondary N) is 1. The number of nitrogen functional groups attached to an aromatic ring is 1. The summed E-state index contributed by atoms with van der Waals surface area (Å²) in [5, 5.41) is 2.78. The lowest BCUT2D eigenvalue weighted by Crippen LogP contribution is -2.41. The summed E-state index contributed by atoms with van der Waals surface area (Å²) in [6, 6.07) is 4.80. The van der Waals surface area contributed by atoms with Crippen LogP contribution in [0, 0.1) is 5.82 Å². The van der Waals surface area contributed by atoms with Crippen molar-refractivity contribution >= 4 is 17.5 Å². The van der Waals surface area contributed by atoms with Crippen molar-refractivity contribution in [3.63, 3.8) is 0 Å². The minimum Gasteiger partial charge on any atom is -0.463 e. The monoisotopic (exact) mass is 442 g/mol. The van der Waals surface area contributed by atoms with Crippen LogP contribution in [-0.4, -0.2) is 45.5 Å². The molecule has 2 aliphatic rings. The zero-order chi connectivity index (χ0) is 22.7. The molecule has 3 heterocycles. The molecule has 0 radical (unpaired) electrons. The highest BCUT2D eigenvalue weighted by Gasteiger charge is 2.31. The number of nitrogens with two attached hydrogens (primary N) is 1. The van der Waals surface area contributed by atoms with Crippen LogP contribution in [-0.2, 0) is 13.1 Å². The summed E-state index contributed by atoms with van der Waals surface area (Å²) in [6.45, 7) is 7.33. The van der Waals surface area contributed by atoms with E-state index in [4.69, 9.17) is 10.5 Å². The number of unbranched alkanes of at least 4 members (excludes halogenated alkanes) is 1. The molecule has 1 aromatic carbocycles. The lowest BCUT2D eigenvalue weighted by atomic mass is 10.0. The number of halogens is 1. The van der Waals surface area contributed by atoms with Crippen molar-refractivity contribution in [1.29, 1.82) is 0 Å². The molecule has 2 amide bonds. The fourth-order valence-electron chi connectivity index (χ4n) is 4.16. The van der Waals surface area contributed by atoms with E-state index in [-0.39, 0.29) is 36.3 Å². The Hall–Kier alpha value is -2.94. The molecule has 2 aliphatic heterocycles. The van der Waals surface area contributed by atoms with Crippen molar-refractivity contribution in [2.24, 2.45) is 0 Å².